The summed E-state index contributed by atoms with van der Waals surface area (Å²) in [5.41, 5.74) is -0.881. The van der Waals surface area contributed by atoms with E-state index in [1.807, 2.05) is 5.32 Å². The molecule has 0 radical (unpaired) electrons. The molecule has 13 heteroatoms. The summed E-state index contributed by atoms with van der Waals surface area (Å²) in [5.74, 6) is -1.53. The molecule has 0 atom stereocenters. The molecule has 0 spiro atoms. The van der Waals surface area contributed by atoms with Crippen LogP contribution in [0.5, 0.6) is 5.75 Å². The Morgan fingerprint density at radius 3 is 2.34 bits per heavy atom. The fourth-order valence-corrected chi connectivity index (χ4v) is 3.15. The predicted octanol–water partition coefficient (Wildman–Crippen LogP) is 4.06. The summed E-state index contributed by atoms with van der Waals surface area (Å²) in [7, 11) is -4.66. The van der Waals surface area contributed by atoms with Crippen LogP contribution in [0.4, 0.5) is 28.3 Å². The standard InChI is InChI=1S/C19H14F4N4O4S/c1-11-3-2-4-14(9-11)31-32(29,30)27-18(28)26-17-24-15(10-16(25-17)19(21,22)23)12-5-7-13(20)8-6-12/h2-10H,1H3,(H2,24,25,26,27,28). The zero-order valence-electron chi connectivity index (χ0n) is 16.1. The first-order valence-electron chi connectivity index (χ1n) is 8.73. The lowest BCUT2D eigenvalue weighted by molar-refractivity contribution is -0.141. The molecule has 1 aromatic heterocycles. The second kappa shape index (κ2) is 8.78. The lowest BCUT2D eigenvalue weighted by Crippen LogP contribution is -2.37. The fourth-order valence-electron chi connectivity index (χ4n) is 2.47. The minimum atomic E-state index is -4.90. The maximum absolute atomic E-state index is 13.2. The zero-order valence-corrected chi connectivity index (χ0v) is 17.0. The van der Waals surface area contributed by atoms with Gasteiger partial charge in [0.15, 0.2) is 5.69 Å². The van der Waals surface area contributed by atoms with E-state index >= 15 is 0 Å². The van der Waals surface area contributed by atoms with Gasteiger partial charge >= 0.3 is 22.5 Å². The van der Waals surface area contributed by atoms with Gasteiger partial charge in [-0.15, -0.1) is 0 Å². The number of carbonyl (C=O) groups excluding carboxylic acids is 1. The Balaban J connectivity index is 1.83. The molecule has 32 heavy (non-hydrogen) atoms. The monoisotopic (exact) mass is 470 g/mol. The van der Waals surface area contributed by atoms with Gasteiger partial charge in [-0.1, -0.05) is 12.1 Å². The smallest absolute Gasteiger partial charge is 0.367 e. The number of hydrogen-bond acceptors (Lipinski definition) is 6. The van der Waals surface area contributed by atoms with Crippen molar-refractivity contribution >= 4 is 22.3 Å². The van der Waals surface area contributed by atoms with Crippen LogP contribution in [-0.2, 0) is 16.5 Å². The van der Waals surface area contributed by atoms with Crippen LogP contribution in [0.1, 0.15) is 11.3 Å². The second-order valence-electron chi connectivity index (χ2n) is 6.38. The molecule has 0 fully saturated rings. The molecule has 3 rings (SSSR count). The Bertz CT molecular complexity index is 1250. The van der Waals surface area contributed by atoms with E-state index in [1.165, 1.54) is 35.1 Å². The molecular weight excluding hydrogens is 456 g/mol. The van der Waals surface area contributed by atoms with Crippen LogP contribution in [0, 0.1) is 12.7 Å². The largest absolute Gasteiger partial charge is 0.433 e. The van der Waals surface area contributed by atoms with Crippen molar-refractivity contribution < 1.29 is 35.0 Å². The molecule has 2 amide bonds. The lowest BCUT2D eigenvalue weighted by Gasteiger charge is -2.12. The van der Waals surface area contributed by atoms with Gasteiger partial charge in [0.05, 0.1) is 5.69 Å². The van der Waals surface area contributed by atoms with Gasteiger partial charge in [-0.05, 0) is 55.0 Å². The summed E-state index contributed by atoms with van der Waals surface area (Å²) in [6.07, 6.45) is -4.90. The van der Waals surface area contributed by atoms with Crippen molar-refractivity contribution in [3.8, 4) is 17.0 Å². The number of nitrogens with zero attached hydrogens (tertiary/aromatic N) is 2. The normalized spacial score (nSPS) is 11.7. The number of amides is 2. The molecule has 168 valence electrons. The summed E-state index contributed by atoms with van der Waals surface area (Å²) in [6.45, 7) is 1.68. The minimum absolute atomic E-state index is 0.0841. The molecule has 8 nitrogen and oxygen atoms in total. The topological polar surface area (TPSA) is 110 Å². The zero-order chi connectivity index (χ0) is 23.5. The number of halogens is 4. The number of nitrogens with one attached hydrogen (secondary N) is 2. The number of benzene rings is 2. The van der Waals surface area contributed by atoms with Crippen LogP contribution in [-0.4, -0.2) is 24.4 Å². The van der Waals surface area contributed by atoms with Crippen LogP contribution in [0.25, 0.3) is 11.3 Å². The van der Waals surface area contributed by atoms with Gasteiger partial charge in [0, 0.05) is 5.56 Å². The van der Waals surface area contributed by atoms with Crippen molar-refractivity contribution in [2.75, 3.05) is 5.32 Å². The van der Waals surface area contributed by atoms with Crippen molar-refractivity contribution in [3.05, 3.63) is 71.7 Å². The summed E-state index contributed by atoms with van der Waals surface area (Å²) in [6, 6.07) is 9.47. The predicted molar refractivity (Wildman–Crippen MR) is 105 cm³/mol. The van der Waals surface area contributed by atoms with Crippen molar-refractivity contribution in [2.45, 2.75) is 13.1 Å². The maximum atomic E-state index is 13.2. The fraction of sp³-hybridized carbons (Fsp3) is 0.105. The van der Waals surface area contributed by atoms with Crippen molar-refractivity contribution in [1.29, 1.82) is 0 Å². The number of anilines is 1. The average molecular weight is 470 g/mol. The molecule has 0 bridgehead atoms. The molecule has 1 heterocycles. The molecule has 3 aromatic rings. The van der Waals surface area contributed by atoms with Gasteiger partial charge in [0.2, 0.25) is 5.95 Å². The first-order chi connectivity index (χ1) is 14.9. The molecule has 0 saturated carbocycles. The van der Waals surface area contributed by atoms with E-state index in [4.69, 9.17) is 4.18 Å². The van der Waals surface area contributed by atoms with Crippen LogP contribution >= 0.6 is 0 Å². The van der Waals surface area contributed by atoms with E-state index in [1.54, 1.807) is 13.0 Å². The maximum Gasteiger partial charge on any atom is 0.433 e. The van der Waals surface area contributed by atoms with Crippen molar-refractivity contribution in [1.82, 2.24) is 14.7 Å². The highest BCUT2D eigenvalue weighted by molar-refractivity contribution is 7.85. The highest BCUT2D eigenvalue weighted by Gasteiger charge is 2.34. The van der Waals surface area contributed by atoms with Gasteiger partial charge < -0.3 is 4.18 Å². The number of urea groups is 1. The van der Waals surface area contributed by atoms with E-state index in [2.05, 4.69) is 9.97 Å². The number of carbonyl (C=O) groups is 1. The molecule has 2 aromatic carbocycles. The number of aromatic nitrogens is 2. The number of aryl methyl sites for hydroxylation is 1. The second-order valence-corrected chi connectivity index (χ2v) is 7.66. The van der Waals surface area contributed by atoms with E-state index in [-0.39, 0.29) is 17.0 Å². The van der Waals surface area contributed by atoms with Crippen molar-refractivity contribution in [2.24, 2.45) is 0 Å². The van der Waals surface area contributed by atoms with E-state index in [0.29, 0.717) is 11.6 Å². The highest BCUT2D eigenvalue weighted by atomic mass is 32.2. The number of hydrogen-bond donors (Lipinski definition) is 2. The van der Waals surface area contributed by atoms with Crippen LogP contribution in [0.3, 0.4) is 0 Å². The van der Waals surface area contributed by atoms with E-state index in [0.717, 1.165) is 12.1 Å². The van der Waals surface area contributed by atoms with Gasteiger partial charge in [-0.3, -0.25) is 5.32 Å². The van der Waals surface area contributed by atoms with Gasteiger partial charge in [0.25, 0.3) is 0 Å². The molecule has 0 aliphatic rings. The molecule has 0 saturated heterocycles. The highest BCUT2D eigenvalue weighted by Crippen LogP contribution is 2.31. The Morgan fingerprint density at radius 2 is 1.72 bits per heavy atom. The summed E-state index contributed by atoms with van der Waals surface area (Å²) in [4.78, 5) is 19.0. The molecule has 2 N–H and O–H groups in total. The Labute approximate surface area is 179 Å². The summed E-state index contributed by atoms with van der Waals surface area (Å²) in [5, 5.41) is 1.82. The quantitative estimate of drug-likeness (QED) is 0.545. The van der Waals surface area contributed by atoms with Gasteiger partial charge in [-0.2, -0.15) is 21.6 Å². The molecular formula is C19H14F4N4O4S. The first-order valence-corrected chi connectivity index (χ1v) is 10.1. The molecule has 0 aliphatic heterocycles. The summed E-state index contributed by atoms with van der Waals surface area (Å²) >= 11 is 0. The van der Waals surface area contributed by atoms with Crippen molar-refractivity contribution in [3.63, 3.8) is 0 Å². The SMILES string of the molecule is Cc1cccc(OS(=O)(=O)NC(=O)Nc2nc(-c3ccc(F)cc3)cc(C(F)(F)F)n2)c1. The van der Waals surface area contributed by atoms with E-state index in [9.17, 15) is 30.8 Å². The number of alkyl halides is 3. The van der Waals surface area contributed by atoms with Crippen LogP contribution in [0.2, 0.25) is 0 Å². The van der Waals surface area contributed by atoms with Gasteiger partial charge in [-0.25, -0.2) is 23.9 Å². The summed E-state index contributed by atoms with van der Waals surface area (Å²) < 4.78 is 83.0. The molecule has 0 aliphatic carbocycles. The molecule has 0 unspecified atom stereocenters. The lowest BCUT2D eigenvalue weighted by atomic mass is 10.1. The first kappa shape index (κ1) is 22.9. The third kappa shape index (κ3) is 6.14. The Hall–Kier alpha value is -3.74. The third-order valence-corrected chi connectivity index (χ3v) is 4.64. The van der Waals surface area contributed by atoms with Gasteiger partial charge in [0.1, 0.15) is 11.6 Å². The Morgan fingerprint density at radius 1 is 1.03 bits per heavy atom. The number of rotatable bonds is 5. The minimum Gasteiger partial charge on any atom is -0.367 e. The van der Waals surface area contributed by atoms with Crippen LogP contribution < -0.4 is 14.2 Å². The van der Waals surface area contributed by atoms with Crippen LogP contribution in [0.15, 0.2) is 54.6 Å². The van der Waals surface area contributed by atoms with E-state index < -0.39 is 40.0 Å². The third-order valence-electron chi connectivity index (χ3n) is 3.80. The Kier molecular flexibility index (Phi) is 6.30. The average Bonchev–Trinajstić information content (AvgIpc) is 2.66.